The van der Waals surface area contributed by atoms with Crippen LogP contribution < -0.4 is 0 Å². The zero-order chi connectivity index (χ0) is 87.0. The quantitative estimate of drug-likeness (QED) is 0.143. The van der Waals surface area contributed by atoms with Crippen molar-refractivity contribution in [2.75, 3.05) is 0 Å². The van der Waals surface area contributed by atoms with Gasteiger partial charge in [0, 0.05) is 0 Å². The van der Waals surface area contributed by atoms with Gasteiger partial charge in [-0.2, -0.15) is 0 Å². The van der Waals surface area contributed by atoms with Crippen LogP contribution in [0.1, 0.15) is 492 Å². The Bertz CT molecular complexity index is 2670. The van der Waals surface area contributed by atoms with Gasteiger partial charge < -0.3 is 0 Å². The third-order valence-electron chi connectivity index (χ3n) is 13.7. The highest BCUT2D eigenvalue weighted by atomic mass is 14.1. The summed E-state index contributed by atoms with van der Waals surface area (Å²) in [6.07, 6.45) is 57.3. The Labute approximate surface area is 779 Å². The van der Waals surface area contributed by atoms with Crippen molar-refractivity contribution < 1.29 is 0 Å². The minimum absolute atomic E-state index is 0. The molecule has 0 heterocycles. The van der Waals surface area contributed by atoms with E-state index in [0.29, 0.717) is 5.41 Å². The van der Waals surface area contributed by atoms with Crippen molar-refractivity contribution in [1.29, 1.82) is 0 Å². The Morgan fingerprint density at radius 3 is 0.617 bits per heavy atom. The molecule has 0 aromatic rings. The highest BCUT2D eigenvalue weighted by Gasteiger charge is 2.01. The van der Waals surface area contributed by atoms with Gasteiger partial charge in [0.25, 0.3) is 0 Å². The van der Waals surface area contributed by atoms with Crippen molar-refractivity contribution in [2.24, 2.45) is 11.3 Å². The fourth-order valence-electron chi connectivity index (χ4n) is 5.22. The molecule has 0 aromatic carbocycles. The molecule has 0 aliphatic heterocycles. The van der Waals surface area contributed by atoms with Gasteiger partial charge in [-0.15, -0.1) is 0 Å². The van der Waals surface area contributed by atoms with E-state index in [2.05, 4.69) is 400 Å². The third-order valence-corrected chi connectivity index (χ3v) is 13.7. The second kappa shape index (κ2) is 160. The van der Waals surface area contributed by atoms with E-state index >= 15 is 0 Å². The van der Waals surface area contributed by atoms with E-state index in [4.69, 9.17) is 0 Å². The summed E-state index contributed by atoms with van der Waals surface area (Å²) in [5.74, 6) is 0.718. The highest BCUT2D eigenvalue weighted by molar-refractivity contribution is 5.33. The summed E-state index contributed by atoms with van der Waals surface area (Å²) in [4.78, 5) is 0. The zero-order valence-corrected chi connectivity index (χ0v) is 81.9. The molecule has 0 aliphatic rings. The van der Waals surface area contributed by atoms with Crippen LogP contribution in [0.2, 0.25) is 0 Å². The van der Waals surface area contributed by atoms with Gasteiger partial charge in [0.2, 0.25) is 0 Å². The highest BCUT2D eigenvalue weighted by Crippen LogP contribution is 2.17. The van der Waals surface area contributed by atoms with E-state index in [9.17, 15) is 0 Å². The van der Waals surface area contributed by atoms with Crippen molar-refractivity contribution in [3.63, 3.8) is 0 Å². The topological polar surface area (TPSA) is 0 Å². The van der Waals surface area contributed by atoms with E-state index in [-0.39, 0.29) is 111 Å². The van der Waals surface area contributed by atoms with Crippen LogP contribution in [-0.2, 0) is 0 Å². The lowest BCUT2D eigenvalue weighted by atomic mass is 9.97. The number of rotatable bonds is 11. The van der Waals surface area contributed by atoms with Crippen LogP contribution in [0, 0.1) is 11.3 Å². The molecule has 0 radical (unpaired) electrons. The van der Waals surface area contributed by atoms with E-state index in [1.807, 2.05) is 138 Å². The fourth-order valence-corrected chi connectivity index (χ4v) is 5.22. The van der Waals surface area contributed by atoms with E-state index in [0.717, 1.165) is 12.3 Å². The molecule has 0 unspecified atom stereocenters. The summed E-state index contributed by atoms with van der Waals surface area (Å²) >= 11 is 0. The Kier molecular flexibility index (Phi) is 275. The molecule has 0 saturated heterocycles. The molecule has 0 heteroatoms. The summed E-state index contributed by atoms with van der Waals surface area (Å²) in [5, 5.41) is 0. The molecule has 0 saturated carbocycles. The normalized spacial score (nSPS) is 8.88. The first-order valence-electron chi connectivity index (χ1n) is 39.2. The molecule has 0 rings (SSSR count). The molecule has 120 heavy (non-hydrogen) atoms. The summed E-state index contributed by atoms with van der Waals surface area (Å²) < 4.78 is 0. The maximum Gasteiger partial charge on any atom is -0.0203 e. The number of hydrogen-bond acceptors (Lipinski definition) is 0. The van der Waals surface area contributed by atoms with E-state index in [1.54, 1.807) is 0 Å². The van der Waals surface area contributed by atoms with Crippen molar-refractivity contribution >= 4 is 0 Å². The predicted molar refractivity (Wildman–Crippen MR) is 615 cm³/mol. The zero-order valence-electron chi connectivity index (χ0n) is 81.9. The molecule has 0 nitrogen and oxygen atoms in total. The average molecular weight is 1700 g/mol. The molecule has 0 amide bonds. The Balaban J connectivity index is -0.0000000257. The first kappa shape index (κ1) is 206. The summed E-state index contributed by atoms with van der Waals surface area (Å²) in [5.41, 5.74) is 29.5. The Morgan fingerprint density at radius 1 is 0.250 bits per heavy atom. The second-order valence-corrected chi connectivity index (χ2v) is 29.7. The van der Waals surface area contributed by atoms with Gasteiger partial charge in [-0.1, -0.05) is 417 Å². The first-order chi connectivity index (χ1) is 48.1. The summed E-state index contributed by atoms with van der Waals surface area (Å²) in [6, 6.07) is 0. The lowest BCUT2D eigenvalue weighted by molar-refractivity contribution is 0.543. The third kappa shape index (κ3) is 282. The van der Waals surface area contributed by atoms with Gasteiger partial charge in [-0.05, 0) is 367 Å². The van der Waals surface area contributed by atoms with Gasteiger partial charge in [0.15, 0.2) is 0 Å². The average Bonchev–Trinajstić information content (AvgIpc) is 0.942. The summed E-state index contributed by atoms with van der Waals surface area (Å²) in [7, 11) is 0. The molecule has 0 N–H and O–H groups in total. The van der Waals surface area contributed by atoms with Crippen LogP contribution in [0.4, 0.5) is 0 Å². The number of hydrogen-bond donors (Lipinski definition) is 0. The summed E-state index contributed by atoms with van der Waals surface area (Å²) in [6.45, 7) is 114. The monoisotopic (exact) mass is 1690 g/mol. The minimum atomic E-state index is 0. The molecular formula is C120H252. The van der Waals surface area contributed by atoms with Gasteiger partial charge in [-0.25, -0.2) is 0 Å². The van der Waals surface area contributed by atoms with Crippen LogP contribution in [0.5, 0.6) is 0 Å². The van der Waals surface area contributed by atoms with Crippen LogP contribution in [-0.4, -0.2) is 0 Å². The lowest BCUT2D eigenvalue weighted by Crippen LogP contribution is -1.97. The van der Waals surface area contributed by atoms with Crippen molar-refractivity contribution in [3.05, 3.63) is 281 Å². The maximum atomic E-state index is 2.20. The Morgan fingerprint density at radius 2 is 0.542 bits per heavy atom. The predicted octanol–water partition coefficient (Wildman–Crippen LogP) is 48.5. The standard InChI is InChI=1S/C10H18.2C9H16.3C8H14.C7H14.2C7H12.2C6H12.C6H10.2C5H10.C4H8.15CH4/c1-7(2)9(5)10(6)8(3)4;1-7(2)6-9(5)8(3)4;1-6-8(4)9(5)7(2)3;1-7(2)5-6-8(3)4;1-5-8(4)6-7(2)3;1-5-6-8(4)7(2)3;1-5-6-7(2,3)4;1-4-5-6-7(2)3;1-4-6-7(3)5-2;1-5(2)6(3)4;1-4-5-6(2)3;1-3-5-6-4-2;1-4-5(2)3;1-3-5-4-2;1-3-4-2;;;;;;;;;;;;;;;/h1-6H3;2*6H,1-5H3;3*5-6H,1-4H3;5-6H,1-4H3;2*4-6H,1-3H3;1-4H3;4-6H,1-3H3;3-6H,1-2H3;4H,1-3H3;3,5H,4H2,1-2H3;3-4H,1-2H3;15*1H4/b;;;;8-5+;6-5+;;5-4+;6-4+,7-5+;;;5-3+,6-4+;;5-3+;;;;;;;;;;;;;;;;. The van der Waals surface area contributed by atoms with Crippen LogP contribution in [0.3, 0.4) is 0 Å². The second-order valence-electron chi connectivity index (χ2n) is 29.7. The molecule has 0 atom stereocenters. The first-order valence-corrected chi connectivity index (χ1v) is 39.2. The van der Waals surface area contributed by atoms with Crippen LogP contribution in [0.15, 0.2) is 281 Å². The smallest absolute Gasteiger partial charge is 0.0203 e. The molecular weight excluding hydrogens is 1440 g/mol. The molecule has 732 valence electrons. The van der Waals surface area contributed by atoms with Crippen molar-refractivity contribution in [3.8, 4) is 0 Å². The molecule has 0 fully saturated rings. The van der Waals surface area contributed by atoms with Crippen molar-refractivity contribution in [2.45, 2.75) is 492 Å². The minimum Gasteiger partial charge on any atom is -0.0919 e. The van der Waals surface area contributed by atoms with Crippen LogP contribution >= 0.6 is 0 Å². The number of allylic oxidation sites excluding steroid dienone is 48. The molecule has 0 spiro atoms. The molecule has 0 bridgehead atoms. The van der Waals surface area contributed by atoms with Gasteiger partial charge in [0.1, 0.15) is 0 Å². The van der Waals surface area contributed by atoms with E-state index in [1.165, 1.54) is 117 Å². The SMILES string of the molecule is C.C.C.C.C.C.C.C.C.C.C.C.C.C.C.C/C=C(\C)C=C(C)C.C/C=C/C(C)=C(C)C.C/C=C/C(C)=C/C.C/C=C/C=C(C)C.C/C=C/C=C/C.C/C=C/CC.CC(C)=C(C)C.CC(C)=C(C)C(C)=C(C)C.CC(C)=CC(C)=C(C)C.CC(C)=CC=C(C)C.CC=C(C)C.CC=C(C)C(C)=C(C)C.CC=CC.CC=CC(C)(C)C.CC=CC(C)C. The largest absolute Gasteiger partial charge is 0.0919 e. The van der Waals surface area contributed by atoms with Crippen LogP contribution in [0.25, 0.3) is 0 Å². The Hall–Kier alpha value is -6.24. The van der Waals surface area contributed by atoms with Gasteiger partial charge in [0.05, 0.1) is 0 Å². The van der Waals surface area contributed by atoms with E-state index < -0.39 is 0 Å². The van der Waals surface area contributed by atoms with Gasteiger partial charge >= 0.3 is 0 Å². The fraction of sp³-hybridized carbons (Fsp3) is 0.600. The maximum absolute atomic E-state index is 2.20. The molecule has 0 aromatic heterocycles. The van der Waals surface area contributed by atoms with Crippen molar-refractivity contribution in [1.82, 2.24) is 0 Å². The van der Waals surface area contributed by atoms with Gasteiger partial charge in [-0.3, -0.25) is 0 Å². The molecule has 0 aliphatic carbocycles. The lowest BCUT2D eigenvalue weighted by Gasteiger charge is -2.09.